The van der Waals surface area contributed by atoms with Gasteiger partial charge in [-0.25, -0.2) is 9.59 Å². The second-order valence-electron chi connectivity index (χ2n) is 14.9. The van der Waals surface area contributed by atoms with Crippen molar-refractivity contribution in [1.29, 1.82) is 0 Å². The van der Waals surface area contributed by atoms with Gasteiger partial charge in [0.1, 0.15) is 29.3 Å². The minimum atomic E-state index is -1.06. The number of aryl methyl sites for hydroxylation is 2. The molecule has 3 rings (SSSR count). The first-order chi connectivity index (χ1) is 21.9. The molecular weight excluding hydrogens is 594 g/mol. The quantitative estimate of drug-likeness (QED) is 0.247. The smallest absolute Gasteiger partial charge is 0.408 e. The second kappa shape index (κ2) is 15.8. The number of rotatable bonds is 12. The Hall–Kier alpha value is -3.88. The number of hydrogen-bond acceptors (Lipinski definition) is 6. The van der Waals surface area contributed by atoms with Gasteiger partial charge in [-0.1, -0.05) is 74.4 Å². The zero-order valence-corrected chi connectivity index (χ0v) is 29.9. The van der Waals surface area contributed by atoms with Gasteiger partial charge in [0.15, 0.2) is 0 Å². The summed E-state index contributed by atoms with van der Waals surface area (Å²) in [7, 11) is 0. The number of hydrogen-bond donors (Lipinski definition) is 2. The lowest BCUT2D eigenvalue weighted by Gasteiger charge is -2.45. The Morgan fingerprint density at radius 3 is 2.04 bits per heavy atom. The minimum absolute atomic E-state index is 0.216. The number of carbonyl (C=O) groups excluding carboxylic acids is 4. The van der Waals surface area contributed by atoms with Crippen LogP contribution in [-0.4, -0.2) is 58.1 Å². The summed E-state index contributed by atoms with van der Waals surface area (Å²) in [6.07, 6.45) is 2.50. The number of esters is 1. The minimum Gasteiger partial charge on any atom is -0.458 e. The van der Waals surface area contributed by atoms with E-state index in [9.17, 15) is 19.2 Å². The zero-order chi connectivity index (χ0) is 35.1. The number of carbonyl (C=O) groups is 4. The van der Waals surface area contributed by atoms with Crippen molar-refractivity contribution in [3.8, 4) is 0 Å². The molecule has 1 aliphatic carbocycles. The molecule has 9 nitrogen and oxygen atoms in total. The van der Waals surface area contributed by atoms with Crippen LogP contribution in [0.5, 0.6) is 0 Å². The van der Waals surface area contributed by atoms with E-state index in [0.29, 0.717) is 12.0 Å². The number of benzene rings is 2. The van der Waals surface area contributed by atoms with Gasteiger partial charge in [0, 0.05) is 12.5 Å². The third-order valence-electron chi connectivity index (χ3n) is 8.42. The highest BCUT2D eigenvalue weighted by atomic mass is 16.6. The summed E-state index contributed by atoms with van der Waals surface area (Å²) in [5.41, 5.74) is 1.78. The fourth-order valence-electron chi connectivity index (χ4n) is 5.60. The fraction of sp³-hybridized carbons (Fsp3) is 0.579. The van der Waals surface area contributed by atoms with Crippen molar-refractivity contribution in [3.05, 3.63) is 70.8 Å². The van der Waals surface area contributed by atoms with E-state index in [1.54, 1.807) is 46.4 Å². The van der Waals surface area contributed by atoms with Crippen molar-refractivity contribution >= 4 is 23.9 Å². The Morgan fingerprint density at radius 2 is 1.51 bits per heavy atom. The van der Waals surface area contributed by atoms with Crippen LogP contribution in [0.15, 0.2) is 48.5 Å². The van der Waals surface area contributed by atoms with Crippen LogP contribution in [0.4, 0.5) is 4.79 Å². The van der Waals surface area contributed by atoms with Gasteiger partial charge in [-0.15, -0.1) is 0 Å². The summed E-state index contributed by atoms with van der Waals surface area (Å²) in [5, 5.41) is 5.84. The molecule has 4 atom stereocenters. The largest absolute Gasteiger partial charge is 0.458 e. The summed E-state index contributed by atoms with van der Waals surface area (Å²) in [6, 6.07) is 12.1. The first-order valence-corrected chi connectivity index (χ1v) is 16.9. The Kier molecular flexibility index (Phi) is 12.6. The Morgan fingerprint density at radius 1 is 0.894 bits per heavy atom. The molecule has 3 amide bonds. The van der Waals surface area contributed by atoms with Crippen LogP contribution in [0.1, 0.15) is 109 Å². The molecule has 0 heterocycles. The van der Waals surface area contributed by atoms with Gasteiger partial charge in [0.25, 0.3) is 0 Å². The average Bonchev–Trinajstić information content (AvgIpc) is 2.94. The molecule has 0 saturated heterocycles. The van der Waals surface area contributed by atoms with E-state index in [4.69, 9.17) is 9.47 Å². The number of alkyl carbamates (subject to hydrolysis) is 1. The van der Waals surface area contributed by atoms with Gasteiger partial charge in [-0.05, 0) is 97.3 Å². The van der Waals surface area contributed by atoms with E-state index in [0.717, 1.165) is 36.0 Å². The highest BCUT2D eigenvalue weighted by Crippen LogP contribution is 2.36. The molecule has 2 N–H and O–H groups in total. The maximum atomic E-state index is 14.8. The van der Waals surface area contributed by atoms with E-state index in [-0.39, 0.29) is 24.3 Å². The molecule has 1 aliphatic rings. The number of ether oxygens (including phenoxy) is 2. The lowest BCUT2D eigenvalue weighted by Crippen LogP contribution is -2.60. The predicted octanol–water partition coefficient (Wildman–Crippen LogP) is 6.73. The van der Waals surface area contributed by atoms with Crippen molar-refractivity contribution in [2.45, 2.75) is 137 Å². The van der Waals surface area contributed by atoms with E-state index in [1.165, 1.54) is 0 Å². The van der Waals surface area contributed by atoms with Crippen molar-refractivity contribution in [2.24, 2.45) is 5.92 Å². The molecule has 47 heavy (non-hydrogen) atoms. The van der Waals surface area contributed by atoms with Gasteiger partial charge in [0.2, 0.25) is 11.8 Å². The fourth-order valence-corrected chi connectivity index (χ4v) is 5.60. The maximum Gasteiger partial charge on any atom is 0.408 e. The molecule has 9 heteroatoms. The van der Waals surface area contributed by atoms with E-state index in [2.05, 4.69) is 10.6 Å². The van der Waals surface area contributed by atoms with Crippen LogP contribution in [0.3, 0.4) is 0 Å². The van der Waals surface area contributed by atoms with Crippen LogP contribution in [0.25, 0.3) is 0 Å². The summed E-state index contributed by atoms with van der Waals surface area (Å²) >= 11 is 0. The molecule has 0 aliphatic heterocycles. The molecule has 0 radical (unpaired) electrons. The third kappa shape index (κ3) is 10.8. The third-order valence-corrected chi connectivity index (χ3v) is 8.42. The standard InChI is InChI=1S/C38H55N3O6/c1-11-25(3)31(40-36(45)47-38(8,9)10)34(43)41(28-18-15-19-28)32(29-22-24(2)20-21-26(29)4)33(42)39-30(35(44)46-37(5,6)7)23-27-16-13-12-14-17-27/h12-14,16-17,20-22,25,28,30-32H,11,15,18-19,23H2,1-10H3,(H,39,42)(H,40,45). The lowest BCUT2D eigenvalue weighted by atomic mass is 9.85. The van der Waals surface area contributed by atoms with Gasteiger partial charge >= 0.3 is 12.1 Å². The van der Waals surface area contributed by atoms with E-state index in [1.807, 2.05) is 76.2 Å². The molecule has 2 aromatic rings. The Bertz CT molecular complexity index is 1390. The molecule has 0 bridgehead atoms. The average molecular weight is 650 g/mol. The Labute approximate surface area is 281 Å². The molecule has 1 saturated carbocycles. The van der Waals surface area contributed by atoms with Gasteiger partial charge < -0.3 is 25.0 Å². The van der Waals surface area contributed by atoms with E-state index >= 15 is 0 Å². The van der Waals surface area contributed by atoms with Crippen LogP contribution < -0.4 is 10.6 Å². The van der Waals surface area contributed by atoms with Crippen molar-refractivity contribution < 1.29 is 28.7 Å². The van der Waals surface area contributed by atoms with Crippen molar-refractivity contribution in [1.82, 2.24) is 15.5 Å². The molecule has 4 unspecified atom stereocenters. The topological polar surface area (TPSA) is 114 Å². The molecular formula is C38H55N3O6. The first-order valence-electron chi connectivity index (χ1n) is 16.9. The SMILES string of the molecule is CCC(C)C(NC(=O)OC(C)(C)C)C(=O)N(C1CCC1)C(C(=O)NC(Cc1ccccc1)C(=O)OC(C)(C)C)c1cc(C)ccc1C. The van der Waals surface area contributed by atoms with Crippen molar-refractivity contribution in [3.63, 3.8) is 0 Å². The normalized spacial score (nSPS) is 16.1. The first kappa shape index (κ1) is 37.6. The van der Waals surface area contributed by atoms with Gasteiger partial charge in [0.05, 0.1) is 0 Å². The van der Waals surface area contributed by atoms with Gasteiger partial charge in [-0.3, -0.25) is 9.59 Å². The molecule has 1 fully saturated rings. The highest BCUT2D eigenvalue weighted by molar-refractivity contribution is 5.94. The van der Waals surface area contributed by atoms with Crippen LogP contribution in [0, 0.1) is 19.8 Å². The van der Waals surface area contributed by atoms with Gasteiger partial charge in [-0.2, -0.15) is 0 Å². The van der Waals surface area contributed by atoms with Crippen LogP contribution >= 0.6 is 0 Å². The van der Waals surface area contributed by atoms with Crippen LogP contribution in [-0.2, 0) is 30.3 Å². The predicted molar refractivity (Wildman–Crippen MR) is 184 cm³/mol. The molecule has 0 spiro atoms. The summed E-state index contributed by atoms with van der Waals surface area (Å²) in [6.45, 7) is 18.4. The maximum absolute atomic E-state index is 14.8. The zero-order valence-electron chi connectivity index (χ0n) is 29.9. The van der Waals surface area contributed by atoms with Crippen LogP contribution in [0.2, 0.25) is 0 Å². The Balaban J connectivity index is 2.12. The second-order valence-corrected chi connectivity index (χ2v) is 14.9. The molecule has 2 aromatic carbocycles. The number of nitrogens with zero attached hydrogens (tertiary/aromatic N) is 1. The molecule has 258 valence electrons. The summed E-state index contributed by atoms with van der Waals surface area (Å²) in [5.74, 6) is -1.63. The number of amides is 3. The van der Waals surface area contributed by atoms with Crippen molar-refractivity contribution in [2.75, 3.05) is 0 Å². The number of nitrogens with one attached hydrogen (secondary N) is 2. The summed E-state index contributed by atoms with van der Waals surface area (Å²) < 4.78 is 11.3. The molecule has 0 aromatic heterocycles. The monoisotopic (exact) mass is 649 g/mol. The highest BCUT2D eigenvalue weighted by Gasteiger charge is 2.44. The van der Waals surface area contributed by atoms with E-state index < -0.39 is 47.3 Å². The summed E-state index contributed by atoms with van der Waals surface area (Å²) in [4.78, 5) is 57.7. The lowest BCUT2D eigenvalue weighted by molar-refractivity contribution is -0.159.